The van der Waals surface area contributed by atoms with Crippen LogP contribution in [-0.4, -0.2) is 25.5 Å². The van der Waals surface area contributed by atoms with E-state index in [9.17, 15) is 9.59 Å². The van der Waals surface area contributed by atoms with E-state index in [4.69, 9.17) is 16.3 Å². The maximum absolute atomic E-state index is 12.3. The fourth-order valence-corrected chi connectivity index (χ4v) is 3.84. The monoisotopic (exact) mass is 386 g/mol. The first-order valence-corrected chi connectivity index (χ1v) is 9.39. The SMILES string of the molecule is COc1ccc(C2(CNC(=O)C(=O)Nc3cccc(Cl)c3)CCCC2)cc1. The molecule has 0 radical (unpaired) electrons. The smallest absolute Gasteiger partial charge is 0.313 e. The summed E-state index contributed by atoms with van der Waals surface area (Å²) in [5.41, 5.74) is 1.52. The normalized spacial score (nSPS) is 15.2. The molecule has 6 heteroatoms. The van der Waals surface area contributed by atoms with Crippen molar-refractivity contribution < 1.29 is 14.3 Å². The molecule has 0 spiro atoms. The zero-order valence-electron chi connectivity index (χ0n) is 15.3. The lowest BCUT2D eigenvalue weighted by atomic mass is 9.78. The molecular formula is C21H23ClN2O3. The topological polar surface area (TPSA) is 67.4 Å². The molecule has 0 unspecified atom stereocenters. The highest BCUT2D eigenvalue weighted by Gasteiger charge is 2.36. The van der Waals surface area contributed by atoms with E-state index in [1.54, 1.807) is 31.4 Å². The molecule has 0 aromatic heterocycles. The van der Waals surface area contributed by atoms with Gasteiger partial charge in [-0.2, -0.15) is 0 Å². The average molecular weight is 387 g/mol. The van der Waals surface area contributed by atoms with Crippen LogP contribution < -0.4 is 15.4 Å². The largest absolute Gasteiger partial charge is 0.497 e. The van der Waals surface area contributed by atoms with Gasteiger partial charge >= 0.3 is 11.8 Å². The number of rotatable bonds is 5. The Morgan fingerprint density at radius 2 is 1.78 bits per heavy atom. The van der Waals surface area contributed by atoms with Crippen LogP contribution in [0.3, 0.4) is 0 Å². The quantitative estimate of drug-likeness (QED) is 0.765. The van der Waals surface area contributed by atoms with Crippen molar-refractivity contribution in [3.63, 3.8) is 0 Å². The van der Waals surface area contributed by atoms with Crippen molar-refractivity contribution in [2.24, 2.45) is 0 Å². The average Bonchev–Trinajstić information content (AvgIpc) is 3.16. The zero-order valence-corrected chi connectivity index (χ0v) is 16.0. The van der Waals surface area contributed by atoms with Crippen LogP contribution in [0.2, 0.25) is 5.02 Å². The molecule has 142 valence electrons. The maximum Gasteiger partial charge on any atom is 0.313 e. The third kappa shape index (κ3) is 4.61. The Morgan fingerprint density at radius 1 is 1.07 bits per heavy atom. The number of ether oxygens (including phenoxy) is 1. The maximum atomic E-state index is 12.3. The van der Waals surface area contributed by atoms with E-state index in [0.717, 1.165) is 37.0 Å². The fourth-order valence-electron chi connectivity index (χ4n) is 3.65. The highest BCUT2D eigenvalue weighted by atomic mass is 35.5. The van der Waals surface area contributed by atoms with Crippen LogP contribution in [0.25, 0.3) is 0 Å². The van der Waals surface area contributed by atoms with Gasteiger partial charge in [0.05, 0.1) is 7.11 Å². The number of anilines is 1. The van der Waals surface area contributed by atoms with Gasteiger partial charge in [-0.25, -0.2) is 0 Å². The standard InChI is InChI=1S/C21H23ClN2O3/c1-27-18-9-7-15(8-10-18)21(11-2-3-12-21)14-23-19(25)20(26)24-17-6-4-5-16(22)13-17/h4-10,13H,2-3,11-12,14H2,1H3,(H,23,25)(H,24,26). The molecule has 27 heavy (non-hydrogen) atoms. The summed E-state index contributed by atoms with van der Waals surface area (Å²) in [5.74, 6) is -0.535. The molecule has 5 nitrogen and oxygen atoms in total. The van der Waals surface area contributed by atoms with Crippen LogP contribution in [-0.2, 0) is 15.0 Å². The van der Waals surface area contributed by atoms with E-state index in [2.05, 4.69) is 10.6 Å². The van der Waals surface area contributed by atoms with Gasteiger partial charge in [0, 0.05) is 22.7 Å². The number of carbonyl (C=O) groups is 2. The lowest BCUT2D eigenvalue weighted by molar-refractivity contribution is -0.136. The van der Waals surface area contributed by atoms with Gasteiger partial charge in [-0.1, -0.05) is 42.6 Å². The van der Waals surface area contributed by atoms with Crippen molar-refractivity contribution in [1.29, 1.82) is 0 Å². The van der Waals surface area contributed by atoms with Crippen LogP contribution >= 0.6 is 11.6 Å². The number of amides is 2. The van der Waals surface area contributed by atoms with Crippen molar-refractivity contribution in [2.75, 3.05) is 19.0 Å². The van der Waals surface area contributed by atoms with Crippen LogP contribution in [0.15, 0.2) is 48.5 Å². The Labute approximate surface area is 164 Å². The van der Waals surface area contributed by atoms with E-state index in [1.165, 1.54) is 0 Å². The first-order chi connectivity index (χ1) is 13.0. The molecule has 0 atom stereocenters. The number of hydrogen-bond acceptors (Lipinski definition) is 3. The molecule has 0 heterocycles. The van der Waals surface area contributed by atoms with Crippen LogP contribution in [0.5, 0.6) is 5.75 Å². The van der Waals surface area contributed by atoms with Crippen LogP contribution in [0.1, 0.15) is 31.2 Å². The fraction of sp³-hybridized carbons (Fsp3) is 0.333. The Morgan fingerprint density at radius 3 is 2.41 bits per heavy atom. The molecule has 1 saturated carbocycles. The predicted octanol–water partition coefficient (Wildman–Crippen LogP) is 3.92. The second kappa shape index (κ2) is 8.44. The number of nitrogens with one attached hydrogen (secondary N) is 2. The summed E-state index contributed by atoms with van der Waals surface area (Å²) < 4.78 is 5.23. The Kier molecular flexibility index (Phi) is 6.01. The number of benzene rings is 2. The summed E-state index contributed by atoms with van der Waals surface area (Å²) in [4.78, 5) is 24.5. The second-order valence-corrected chi connectivity index (χ2v) is 7.30. The van der Waals surface area contributed by atoms with Gasteiger partial charge in [0.2, 0.25) is 0 Å². The molecule has 0 saturated heterocycles. The highest BCUT2D eigenvalue weighted by molar-refractivity contribution is 6.39. The van der Waals surface area contributed by atoms with Gasteiger partial charge in [0.25, 0.3) is 0 Å². The molecule has 2 aromatic rings. The third-order valence-corrected chi connectivity index (χ3v) is 5.37. The van der Waals surface area contributed by atoms with Crippen LogP contribution in [0, 0.1) is 0 Å². The summed E-state index contributed by atoms with van der Waals surface area (Å²) in [6, 6.07) is 14.7. The molecule has 2 N–H and O–H groups in total. The second-order valence-electron chi connectivity index (χ2n) is 6.86. The summed E-state index contributed by atoms with van der Waals surface area (Å²) in [6.45, 7) is 0.432. The van der Waals surface area contributed by atoms with Gasteiger partial charge in [0.15, 0.2) is 0 Å². The summed E-state index contributed by atoms with van der Waals surface area (Å²) in [5, 5.41) is 5.88. The Hall–Kier alpha value is -2.53. The van der Waals surface area contributed by atoms with E-state index in [1.807, 2.05) is 24.3 Å². The Balaban J connectivity index is 1.65. The van der Waals surface area contributed by atoms with E-state index >= 15 is 0 Å². The molecule has 3 rings (SSSR count). The first kappa shape index (κ1) is 19.2. The minimum absolute atomic E-state index is 0.141. The summed E-state index contributed by atoms with van der Waals surface area (Å²) in [6.07, 6.45) is 4.18. The molecule has 0 aliphatic heterocycles. The number of halogens is 1. The van der Waals surface area contributed by atoms with E-state index in [-0.39, 0.29) is 5.41 Å². The molecule has 0 bridgehead atoms. The molecule has 2 aromatic carbocycles. The number of carbonyl (C=O) groups excluding carboxylic acids is 2. The summed E-state index contributed by atoms with van der Waals surface area (Å²) >= 11 is 5.90. The Bertz CT molecular complexity index is 814. The molecular weight excluding hydrogens is 364 g/mol. The van der Waals surface area contributed by atoms with Crippen molar-refractivity contribution >= 4 is 29.1 Å². The van der Waals surface area contributed by atoms with Gasteiger partial charge < -0.3 is 15.4 Å². The lowest BCUT2D eigenvalue weighted by Gasteiger charge is -2.30. The third-order valence-electron chi connectivity index (χ3n) is 5.14. The molecule has 2 amide bonds. The zero-order chi connectivity index (χ0) is 19.3. The minimum Gasteiger partial charge on any atom is -0.497 e. The predicted molar refractivity (Wildman–Crippen MR) is 106 cm³/mol. The van der Waals surface area contributed by atoms with Crippen LogP contribution in [0.4, 0.5) is 5.69 Å². The van der Waals surface area contributed by atoms with Gasteiger partial charge in [-0.3, -0.25) is 9.59 Å². The number of hydrogen-bond donors (Lipinski definition) is 2. The first-order valence-electron chi connectivity index (χ1n) is 9.02. The minimum atomic E-state index is -0.694. The van der Waals surface area contributed by atoms with Crippen molar-refractivity contribution in [3.8, 4) is 5.75 Å². The van der Waals surface area contributed by atoms with E-state index in [0.29, 0.717) is 17.3 Å². The van der Waals surface area contributed by atoms with Crippen molar-refractivity contribution in [2.45, 2.75) is 31.1 Å². The van der Waals surface area contributed by atoms with Crippen molar-refractivity contribution in [3.05, 3.63) is 59.1 Å². The number of methoxy groups -OCH3 is 1. The van der Waals surface area contributed by atoms with Gasteiger partial charge in [-0.05, 0) is 48.7 Å². The van der Waals surface area contributed by atoms with Gasteiger partial charge in [0.1, 0.15) is 5.75 Å². The van der Waals surface area contributed by atoms with E-state index < -0.39 is 11.8 Å². The van der Waals surface area contributed by atoms with Gasteiger partial charge in [-0.15, -0.1) is 0 Å². The van der Waals surface area contributed by atoms with Crippen molar-refractivity contribution in [1.82, 2.24) is 5.32 Å². The molecule has 1 aliphatic rings. The highest BCUT2D eigenvalue weighted by Crippen LogP contribution is 2.41. The lowest BCUT2D eigenvalue weighted by Crippen LogP contribution is -2.43. The molecule has 1 fully saturated rings. The molecule has 1 aliphatic carbocycles. The summed E-state index contributed by atoms with van der Waals surface area (Å²) in [7, 11) is 1.64.